The van der Waals surface area contributed by atoms with Gasteiger partial charge in [-0.2, -0.15) is 0 Å². The van der Waals surface area contributed by atoms with Gasteiger partial charge in [-0.1, -0.05) is 12.1 Å². The van der Waals surface area contributed by atoms with Crippen molar-refractivity contribution in [1.29, 1.82) is 0 Å². The number of nitrogens with two attached hydrogens (primary N) is 2. The molecule has 0 saturated carbocycles. The number of nitrogen functional groups attached to an aromatic ring is 1. The van der Waals surface area contributed by atoms with Gasteiger partial charge in [-0.25, -0.2) is 14.4 Å². The maximum absolute atomic E-state index is 14.6. The fourth-order valence-corrected chi connectivity index (χ4v) is 3.75. The predicted molar refractivity (Wildman–Crippen MR) is 117 cm³/mol. The van der Waals surface area contributed by atoms with Crippen molar-refractivity contribution in [1.82, 2.24) is 20.4 Å². The van der Waals surface area contributed by atoms with E-state index in [0.29, 0.717) is 35.5 Å². The van der Waals surface area contributed by atoms with Gasteiger partial charge in [-0.3, -0.25) is 5.41 Å². The Morgan fingerprint density at radius 1 is 1.32 bits per heavy atom. The van der Waals surface area contributed by atoms with Gasteiger partial charge in [0, 0.05) is 55.6 Å². The number of benzene rings is 1. The third-order valence-electron chi connectivity index (χ3n) is 5.43. The third-order valence-corrected chi connectivity index (χ3v) is 5.43. The molecule has 0 bridgehead atoms. The van der Waals surface area contributed by atoms with Crippen LogP contribution in [-0.2, 0) is 13.0 Å². The molecule has 31 heavy (non-hydrogen) atoms. The second-order valence-corrected chi connectivity index (χ2v) is 7.35. The van der Waals surface area contributed by atoms with E-state index in [4.69, 9.17) is 15.7 Å². The second-order valence-electron chi connectivity index (χ2n) is 7.35. The summed E-state index contributed by atoms with van der Waals surface area (Å²) in [6, 6.07) is 4.80. The number of hydrogen-bond donors (Lipinski definition) is 3. The van der Waals surface area contributed by atoms with Crippen molar-refractivity contribution in [2.24, 2.45) is 0 Å². The molecule has 0 fully saturated rings. The van der Waals surface area contributed by atoms with Crippen LogP contribution in [0.15, 0.2) is 41.4 Å². The van der Waals surface area contributed by atoms with Crippen molar-refractivity contribution in [3.63, 3.8) is 0 Å². The normalized spacial score (nSPS) is 13.8. The Morgan fingerprint density at radius 3 is 2.94 bits per heavy atom. The lowest BCUT2D eigenvalue weighted by Crippen LogP contribution is -2.42. The van der Waals surface area contributed by atoms with Gasteiger partial charge in [0.25, 0.3) is 0 Å². The fourth-order valence-electron chi connectivity index (χ4n) is 3.75. The van der Waals surface area contributed by atoms with E-state index in [-0.39, 0.29) is 5.69 Å². The molecule has 3 aromatic rings. The summed E-state index contributed by atoms with van der Waals surface area (Å²) < 4.78 is 19.9. The monoisotopic (exact) mass is 422 g/mol. The smallest absolute Gasteiger partial charge is 0.232 e. The molecule has 0 unspecified atom stereocenters. The summed E-state index contributed by atoms with van der Waals surface area (Å²) >= 11 is 0. The van der Waals surface area contributed by atoms with Gasteiger partial charge in [0.1, 0.15) is 29.4 Å². The van der Waals surface area contributed by atoms with Gasteiger partial charge < -0.3 is 20.5 Å². The topological polar surface area (TPSA) is 119 Å². The van der Waals surface area contributed by atoms with Crippen LogP contribution in [0.4, 0.5) is 15.9 Å². The van der Waals surface area contributed by atoms with E-state index >= 15 is 0 Å². The Hall–Kier alpha value is -3.75. The summed E-state index contributed by atoms with van der Waals surface area (Å²) in [4.78, 5) is 10.8. The molecule has 0 radical (unpaired) electrons. The van der Waals surface area contributed by atoms with Crippen LogP contribution in [0.2, 0.25) is 0 Å². The van der Waals surface area contributed by atoms with Crippen LogP contribution in [0.3, 0.4) is 0 Å². The van der Waals surface area contributed by atoms with E-state index in [1.807, 2.05) is 13.0 Å². The lowest BCUT2D eigenvalue weighted by atomic mass is 9.96. The molecule has 8 nitrogen and oxygen atoms in total. The number of aromatic nitrogens is 3. The Morgan fingerprint density at radius 2 is 2.16 bits per heavy atom. The standard InChI is InChI=1S/C22H24FN7O/c1-3-13(9-26-2)15-6-16(18(24)7-17(15)23)22(25)19-8-21(28-12-27-19)30-5-4-20-14(11-30)10-29-31-20/h6-10,12,25-26H,3-5,11,24H2,1-2H3/p+1/b13-9+,25-22?. The van der Waals surface area contributed by atoms with Crippen molar-refractivity contribution < 1.29 is 14.3 Å². The first kappa shape index (κ1) is 20.5. The van der Waals surface area contributed by atoms with E-state index < -0.39 is 5.82 Å². The van der Waals surface area contributed by atoms with Crippen LogP contribution in [0.5, 0.6) is 0 Å². The number of hydrogen-bond acceptors (Lipinski definition) is 7. The first-order chi connectivity index (χ1) is 15.0. The van der Waals surface area contributed by atoms with E-state index in [9.17, 15) is 4.39 Å². The van der Waals surface area contributed by atoms with Gasteiger partial charge in [0.05, 0.1) is 11.8 Å². The second kappa shape index (κ2) is 8.55. The Balaban J connectivity index is 1.66. The Kier molecular flexibility index (Phi) is 5.66. The number of fused-ring (bicyclic) bond motifs is 1. The van der Waals surface area contributed by atoms with Crippen molar-refractivity contribution in [3.05, 3.63) is 70.9 Å². The number of anilines is 2. The highest BCUT2D eigenvalue weighted by Gasteiger charge is 2.24. The highest BCUT2D eigenvalue weighted by Crippen LogP contribution is 2.28. The van der Waals surface area contributed by atoms with E-state index in [2.05, 4.69) is 25.3 Å². The molecule has 1 aliphatic rings. The molecule has 0 aliphatic carbocycles. The zero-order valence-electron chi connectivity index (χ0n) is 17.5. The largest absolute Gasteiger partial charge is 0.398 e. The van der Waals surface area contributed by atoms with Crippen molar-refractivity contribution >= 4 is 22.8 Å². The van der Waals surface area contributed by atoms with Crippen molar-refractivity contribution in [2.45, 2.75) is 26.3 Å². The van der Waals surface area contributed by atoms with E-state index in [0.717, 1.165) is 35.7 Å². The number of allylic oxidation sites excluding steroid dienone is 1. The fraction of sp³-hybridized carbons (Fsp3) is 0.273. The van der Waals surface area contributed by atoms with Gasteiger partial charge in [0.15, 0.2) is 0 Å². The Bertz CT molecular complexity index is 1150. The minimum absolute atomic E-state index is 0.255. The molecular weight excluding hydrogens is 397 g/mol. The van der Waals surface area contributed by atoms with Gasteiger partial charge in [0.2, 0.25) is 5.71 Å². The number of nitrogens with one attached hydrogen (secondary N) is 1. The van der Waals surface area contributed by atoms with E-state index in [1.54, 1.807) is 25.5 Å². The number of nitrogens with zero attached hydrogens (tertiary/aromatic N) is 4. The summed E-state index contributed by atoms with van der Waals surface area (Å²) in [6.45, 7) is 3.35. The Labute approximate surface area is 179 Å². The molecule has 3 heterocycles. The molecule has 0 saturated heterocycles. The molecule has 0 spiro atoms. The SMILES string of the molecule is CC/C(=C\NC)c1cc(C(=[NH2+])c2cc(N3CCc4oncc4C3)ncn2)c(N)cc1F. The first-order valence-corrected chi connectivity index (χ1v) is 10.1. The van der Waals surface area contributed by atoms with Crippen molar-refractivity contribution in [3.8, 4) is 0 Å². The summed E-state index contributed by atoms with van der Waals surface area (Å²) in [6.07, 6.45) is 6.37. The van der Waals surface area contributed by atoms with Crippen LogP contribution < -0.4 is 21.4 Å². The van der Waals surface area contributed by atoms with Crippen molar-refractivity contribution in [2.75, 3.05) is 24.2 Å². The lowest BCUT2D eigenvalue weighted by Gasteiger charge is -2.26. The van der Waals surface area contributed by atoms with Crippen LogP contribution in [0.25, 0.3) is 5.57 Å². The molecule has 1 aromatic carbocycles. The first-order valence-electron chi connectivity index (χ1n) is 10.1. The number of halogens is 1. The minimum atomic E-state index is -0.390. The highest BCUT2D eigenvalue weighted by atomic mass is 19.1. The van der Waals surface area contributed by atoms with Crippen LogP contribution in [0, 0.1) is 5.82 Å². The van der Waals surface area contributed by atoms with E-state index in [1.165, 1.54) is 12.4 Å². The minimum Gasteiger partial charge on any atom is -0.398 e. The molecule has 9 heteroatoms. The highest BCUT2D eigenvalue weighted by molar-refractivity contribution is 6.11. The molecular formula is C22H25FN7O+. The molecule has 0 amide bonds. The van der Waals surface area contributed by atoms with Gasteiger partial charge >= 0.3 is 0 Å². The molecule has 0 atom stereocenters. The van der Waals surface area contributed by atoms with Crippen LogP contribution in [0.1, 0.15) is 41.5 Å². The molecule has 2 aromatic heterocycles. The summed E-state index contributed by atoms with van der Waals surface area (Å²) in [5.41, 5.74) is 10.1. The number of rotatable bonds is 6. The lowest BCUT2D eigenvalue weighted by molar-refractivity contribution is -0.111. The quantitative estimate of drug-likeness (QED) is 0.405. The summed E-state index contributed by atoms with van der Waals surface area (Å²) in [7, 11) is 1.78. The maximum Gasteiger partial charge on any atom is 0.232 e. The third kappa shape index (κ3) is 3.98. The average molecular weight is 422 g/mol. The molecule has 1 aliphatic heterocycles. The average Bonchev–Trinajstić information content (AvgIpc) is 3.25. The summed E-state index contributed by atoms with van der Waals surface area (Å²) in [5.74, 6) is 1.26. The van der Waals surface area contributed by atoms with Crippen LogP contribution in [-0.4, -0.2) is 34.4 Å². The zero-order valence-corrected chi connectivity index (χ0v) is 17.5. The van der Waals surface area contributed by atoms with Gasteiger partial charge in [-0.15, -0.1) is 0 Å². The zero-order chi connectivity index (χ0) is 22.0. The molecule has 4 rings (SSSR count). The predicted octanol–water partition coefficient (Wildman–Crippen LogP) is 1.32. The van der Waals surface area contributed by atoms with Crippen LogP contribution >= 0.6 is 0 Å². The molecule has 160 valence electrons. The maximum atomic E-state index is 14.6. The summed E-state index contributed by atoms with van der Waals surface area (Å²) in [5, 5.41) is 13.3. The molecule has 5 N–H and O–H groups in total. The van der Waals surface area contributed by atoms with Gasteiger partial charge in [-0.05, 0) is 24.1 Å².